The van der Waals surface area contributed by atoms with Crippen LogP contribution >= 0.6 is 27.3 Å². The number of nitrogens with two attached hydrogens (primary N) is 1. The number of hydrogen-bond acceptors (Lipinski definition) is 4. The fourth-order valence-electron chi connectivity index (χ4n) is 2.01. The van der Waals surface area contributed by atoms with Crippen LogP contribution in [0.5, 0.6) is 0 Å². The summed E-state index contributed by atoms with van der Waals surface area (Å²) in [4.78, 5) is 13.0. The Morgan fingerprint density at radius 3 is 2.75 bits per heavy atom. The molecule has 1 aromatic heterocycles. The Bertz CT molecular complexity index is 388. The molecule has 2 heterocycles. The number of hydrazine groups is 1. The summed E-state index contributed by atoms with van der Waals surface area (Å²) in [6.45, 7) is 1.20. The zero-order valence-corrected chi connectivity index (χ0v) is 11.1. The second-order valence-corrected chi connectivity index (χ2v) is 5.62. The molecule has 1 amide bonds. The molecule has 0 saturated carbocycles. The fraction of sp³-hybridized carbons (Fsp3) is 0.500. The van der Waals surface area contributed by atoms with Crippen LogP contribution < -0.4 is 11.3 Å². The lowest BCUT2D eigenvalue weighted by molar-refractivity contribution is -0.130. The van der Waals surface area contributed by atoms with Gasteiger partial charge in [0.15, 0.2) is 0 Å². The number of carbonyl (C=O) groups is 1. The zero-order chi connectivity index (χ0) is 11.6. The van der Waals surface area contributed by atoms with Crippen LogP contribution in [-0.2, 0) is 14.9 Å². The van der Waals surface area contributed by atoms with Crippen LogP contribution in [0.1, 0.15) is 17.7 Å². The highest BCUT2D eigenvalue weighted by molar-refractivity contribution is 9.10. The van der Waals surface area contributed by atoms with Crippen LogP contribution in [0.2, 0.25) is 0 Å². The molecule has 1 saturated heterocycles. The van der Waals surface area contributed by atoms with Crippen LogP contribution in [0.4, 0.5) is 0 Å². The molecule has 6 heteroatoms. The van der Waals surface area contributed by atoms with E-state index in [1.807, 2.05) is 11.4 Å². The predicted molar refractivity (Wildman–Crippen MR) is 66.1 cm³/mol. The van der Waals surface area contributed by atoms with Crippen molar-refractivity contribution in [2.45, 2.75) is 18.3 Å². The second-order valence-electron chi connectivity index (χ2n) is 3.80. The lowest BCUT2D eigenvalue weighted by Crippen LogP contribution is -2.49. The monoisotopic (exact) mass is 304 g/mol. The maximum atomic E-state index is 12.0. The van der Waals surface area contributed by atoms with Gasteiger partial charge in [0, 0.05) is 27.9 Å². The fourth-order valence-corrected chi connectivity index (χ4v) is 3.69. The maximum Gasteiger partial charge on any atom is 0.245 e. The largest absolute Gasteiger partial charge is 0.381 e. The SMILES string of the molecule is NNC(=O)C1(c2cc(Br)cs2)CCOCC1. The second kappa shape index (κ2) is 4.83. The number of ether oxygens (including phenoxy) is 1. The number of halogens is 1. The van der Waals surface area contributed by atoms with E-state index in [1.165, 1.54) is 0 Å². The molecular formula is C10H13BrN2O2S. The smallest absolute Gasteiger partial charge is 0.245 e. The minimum absolute atomic E-state index is 0.120. The quantitative estimate of drug-likeness (QED) is 0.495. The summed E-state index contributed by atoms with van der Waals surface area (Å²) in [7, 11) is 0. The van der Waals surface area contributed by atoms with E-state index >= 15 is 0 Å². The van der Waals surface area contributed by atoms with E-state index in [0.717, 1.165) is 9.35 Å². The summed E-state index contributed by atoms with van der Waals surface area (Å²) < 4.78 is 6.32. The van der Waals surface area contributed by atoms with Gasteiger partial charge in [0.1, 0.15) is 0 Å². The Kier molecular flexibility index (Phi) is 3.63. The first-order valence-electron chi connectivity index (χ1n) is 5.02. The third-order valence-electron chi connectivity index (χ3n) is 2.95. The van der Waals surface area contributed by atoms with Crippen molar-refractivity contribution in [3.63, 3.8) is 0 Å². The molecule has 3 N–H and O–H groups in total. The van der Waals surface area contributed by atoms with Gasteiger partial charge in [-0.25, -0.2) is 5.84 Å². The minimum Gasteiger partial charge on any atom is -0.381 e. The zero-order valence-electron chi connectivity index (χ0n) is 8.66. The lowest BCUT2D eigenvalue weighted by Gasteiger charge is -2.34. The van der Waals surface area contributed by atoms with Gasteiger partial charge in [-0.3, -0.25) is 10.2 Å². The van der Waals surface area contributed by atoms with Crippen molar-refractivity contribution in [3.8, 4) is 0 Å². The van der Waals surface area contributed by atoms with E-state index < -0.39 is 5.41 Å². The predicted octanol–water partition coefficient (Wildman–Crippen LogP) is 1.55. The highest BCUT2D eigenvalue weighted by Gasteiger charge is 2.42. The summed E-state index contributed by atoms with van der Waals surface area (Å²) >= 11 is 4.99. The van der Waals surface area contributed by atoms with Crippen molar-refractivity contribution in [1.82, 2.24) is 5.43 Å². The van der Waals surface area contributed by atoms with Crippen molar-refractivity contribution in [1.29, 1.82) is 0 Å². The Hall–Kier alpha value is -0.430. The van der Waals surface area contributed by atoms with Crippen molar-refractivity contribution in [3.05, 3.63) is 20.8 Å². The molecule has 4 nitrogen and oxygen atoms in total. The first-order chi connectivity index (χ1) is 7.69. The Morgan fingerprint density at radius 1 is 1.56 bits per heavy atom. The molecule has 1 aliphatic rings. The third-order valence-corrected chi connectivity index (χ3v) is 4.85. The summed E-state index contributed by atoms with van der Waals surface area (Å²) in [6.07, 6.45) is 1.37. The van der Waals surface area contributed by atoms with Gasteiger partial charge in [0.2, 0.25) is 5.91 Å². The van der Waals surface area contributed by atoms with E-state index in [-0.39, 0.29) is 5.91 Å². The van der Waals surface area contributed by atoms with Crippen LogP contribution in [0.15, 0.2) is 15.9 Å². The Balaban J connectivity index is 2.37. The summed E-state index contributed by atoms with van der Waals surface area (Å²) in [6, 6.07) is 1.99. The molecule has 88 valence electrons. The molecule has 1 fully saturated rings. The minimum atomic E-state index is -0.510. The molecule has 1 aromatic rings. The van der Waals surface area contributed by atoms with Crippen molar-refractivity contribution < 1.29 is 9.53 Å². The van der Waals surface area contributed by atoms with Crippen LogP contribution in [0.25, 0.3) is 0 Å². The van der Waals surface area contributed by atoms with Gasteiger partial charge in [0.05, 0.1) is 5.41 Å². The average Bonchev–Trinajstić information content (AvgIpc) is 2.76. The first-order valence-corrected chi connectivity index (χ1v) is 6.69. The van der Waals surface area contributed by atoms with Crippen LogP contribution in [0, 0.1) is 0 Å². The van der Waals surface area contributed by atoms with E-state index in [0.29, 0.717) is 26.1 Å². The standard InChI is InChI=1S/C10H13BrN2O2S/c11-7-5-8(16-6-7)10(9(14)13-12)1-3-15-4-2-10/h5-6H,1-4,12H2,(H,13,14). The number of rotatable bonds is 2. The van der Waals surface area contributed by atoms with Gasteiger partial charge < -0.3 is 4.74 Å². The van der Waals surface area contributed by atoms with E-state index in [9.17, 15) is 4.79 Å². The molecule has 0 bridgehead atoms. The number of carbonyl (C=O) groups excluding carboxylic acids is 1. The molecule has 0 radical (unpaired) electrons. The molecule has 0 aromatic carbocycles. The highest BCUT2D eigenvalue weighted by atomic mass is 79.9. The van der Waals surface area contributed by atoms with Gasteiger partial charge in [-0.15, -0.1) is 11.3 Å². The Morgan fingerprint density at radius 2 is 2.25 bits per heavy atom. The van der Waals surface area contributed by atoms with Crippen molar-refractivity contribution in [2.24, 2.45) is 5.84 Å². The number of amides is 1. The maximum absolute atomic E-state index is 12.0. The number of thiophene rings is 1. The van der Waals surface area contributed by atoms with Crippen LogP contribution in [-0.4, -0.2) is 19.1 Å². The van der Waals surface area contributed by atoms with Gasteiger partial charge in [-0.1, -0.05) is 0 Å². The molecule has 2 rings (SSSR count). The molecule has 1 aliphatic heterocycles. The molecular weight excluding hydrogens is 292 g/mol. The van der Waals surface area contributed by atoms with Crippen LogP contribution in [0.3, 0.4) is 0 Å². The summed E-state index contributed by atoms with van der Waals surface area (Å²) in [5, 5.41) is 1.98. The van der Waals surface area contributed by atoms with Gasteiger partial charge in [-0.2, -0.15) is 0 Å². The summed E-state index contributed by atoms with van der Waals surface area (Å²) in [5.74, 6) is 5.16. The van der Waals surface area contributed by atoms with E-state index in [1.54, 1.807) is 11.3 Å². The topological polar surface area (TPSA) is 64.3 Å². The molecule has 0 aliphatic carbocycles. The van der Waals surface area contributed by atoms with Crippen molar-refractivity contribution >= 4 is 33.2 Å². The summed E-state index contributed by atoms with van der Waals surface area (Å²) in [5.41, 5.74) is 1.77. The highest BCUT2D eigenvalue weighted by Crippen LogP contribution is 2.39. The van der Waals surface area contributed by atoms with Gasteiger partial charge in [-0.05, 0) is 34.8 Å². The van der Waals surface area contributed by atoms with E-state index in [4.69, 9.17) is 10.6 Å². The Labute approximate surface area is 106 Å². The van der Waals surface area contributed by atoms with Crippen molar-refractivity contribution in [2.75, 3.05) is 13.2 Å². The van der Waals surface area contributed by atoms with E-state index in [2.05, 4.69) is 21.4 Å². The number of nitrogens with one attached hydrogen (secondary N) is 1. The molecule has 16 heavy (non-hydrogen) atoms. The normalized spacial score (nSPS) is 19.4. The lowest BCUT2D eigenvalue weighted by atomic mass is 9.78. The third kappa shape index (κ3) is 2.02. The van der Waals surface area contributed by atoms with Gasteiger partial charge in [0.25, 0.3) is 0 Å². The van der Waals surface area contributed by atoms with Gasteiger partial charge >= 0.3 is 0 Å². The molecule has 0 spiro atoms. The first kappa shape index (κ1) is 12.0. The number of hydrogen-bond donors (Lipinski definition) is 2. The average molecular weight is 305 g/mol. The molecule has 0 atom stereocenters. The molecule has 0 unspecified atom stereocenters.